The van der Waals surface area contributed by atoms with Crippen LogP contribution in [0.4, 0.5) is 10.8 Å². The topological polar surface area (TPSA) is 119 Å². The largest absolute Gasteiger partial charge is 0.382 e. The van der Waals surface area contributed by atoms with E-state index in [-0.39, 0.29) is 24.0 Å². The van der Waals surface area contributed by atoms with Gasteiger partial charge in [0.05, 0.1) is 46.3 Å². The number of likely N-dealkylation sites (tertiary alicyclic amines) is 1. The summed E-state index contributed by atoms with van der Waals surface area (Å²) in [4.78, 5) is 24.9. The zero-order valence-corrected chi connectivity index (χ0v) is 24.9. The van der Waals surface area contributed by atoms with Crippen LogP contribution in [0.25, 0.3) is 27.5 Å². The minimum absolute atomic E-state index is 0.170. The smallest absolute Gasteiger partial charge is 0.226 e. The summed E-state index contributed by atoms with van der Waals surface area (Å²) < 4.78 is 1.80. The van der Waals surface area contributed by atoms with Crippen LogP contribution in [-0.2, 0) is 4.79 Å². The molecule has 0 spiro atoms. The van der Waals surface area contributed by atoms with Crippen LogP contribution in [0, 0.1) is 17.2 Å². The number of hydrogen-bond acceptors (Lipinski definition) is 10. The van der Waals surface area contributed by atoms with Crippen LogP contribution in [0.2, 0.25) is 0 Å². The highest BCUT2D eigenvalue weighted by molar-refractivity contribution is 7.18. The lowest BCUT2D eigenvalue weighted by molar-refractivity contribution is -0.152. The molecule has 0 radical (unpaired) electrons. The van der Waals surface area contributed by atoms with Crippen molar-refractivity contribution >= 4 is 33.6 Å². The Morgan fingerprint density at radius 2 is 1.90 bits per heavy atom. The van der Waals surface area contributed by atoms with Crippen molar-refractivity contribution in [2.24, 2.45) is 5.92 Å². The first-order chi connectivity index (χ1) is 20.4. The van der Waals surface area contributed by atoms with Crippen molar-refractivity contribution in [3.8, 4) is 28.0 Å². The number of piperazine rings is 1. The number of nitrogens with one attached hydrogen (secondary N) is 1. The number of amides is 1. The molecular formula is C30H34N10OS. The Labute approximate surface area is 248 Å². The van der Waals surface area contributed by atoms with Gasteiger partial charge in [-0.25, -0.2) is 4.52 Å². The highest BCUT2D eigenvalue weighted by atomic mass is 32.1. The molecule has 42 heavy (non-hydrogen) atoms. The van der Waals surface area contributed by atoms with Gasteiger partial charge in [-0.15, -0.1) is 10.2 Å². The van der Waals surface area contributed by atoms with Crippen LogP contribution >= 0.6 is 11.3 Å². The summed E-state index contributed by atoms with van der Waals surface area (Å²) in [5.41, 5.74) is 4.81. The predicted octanol–water partition coefficient (Wildman–Crippen LogP) is 3.74. The number of carbonyl (C=O) groups excluding carboxylic acids is 1. The molecule has 0 saturated carbocycles. The van der Waals surface area contributed by atoms with E-state index in [1.165, 1.54) is 0 Å². The molecule has 4 aliphatic heterocycles. The van der Waals surface area contributed by atoms with E-state index in [1.54, 1.807) is 22.0 Å². The minimum atomic E-state index is 0.170. The Hall–Kier alpha value is -4.08. The maximum absolute atomic E-state index is 13.3. The minimum Gasteiger partial charge on any atom is -0.382 e. The number of carbonyl (C=O) groups is 1. The molecule has 4 aliphatic rings. The third kappa shape index (κ3) is 4.76. The second kappa shape index (κ2) is 10.6. The first-order valence-electron chi connectivity index (χ1n) is 14.6. The van der Waals surface area contributed by atoms with Crippen molar-refractivity contribution in [3.63, 3.8) is 0 Å². The number of pyridine rings is 1. The lowest BCUT2D eigenvalue weighted by atomic mass is 9.84. The summed E-state index contributed by atoms with van der Waals surface area (Å²) in [6.07, 6.45) is 6.43. The van der Waals surface area contributed by atoms with E-state index in [9.17, 15) is 10.1 Å². The van der Waals surface area contributed by atoms with Gasteiger partial charge in [0.25, 0.3) is 0 Å². The summed E-state index contributed by atoms with van der Waals surface area (Å²) in [6, 6.07) is 10.6. The molecule has 2 unspecified atom stereocenters. The Bertz CT molecular complexity index is 1670. The van der Waals surface area contributed by atoms with Crippen LogP contribution in [0.15, 0.2) is 36.7 Å². The number of piperidine rings is 2. The lowest BCUT2D eigenvalue weighted by Crippen LogP contribution is -2.71. The van der Waals surface area contributed by atoms with Crippen molar-refractivity contribution in [2.75, 3.05) is 43.4 Å². The van der Waals surface area contributed by atoms with E-state index >= 15 is 0 Å². The summed E-state index contributed by atoms with van der Waals surface area (Å²) in [7, 11) is 2.13. The highest BCUT2D eigenvalue weighted by Gasteiger charge is 2.49. The normalized spacial score (nSPS) is 21.0. The van der Waals surface area contributed by atoms with Crippen LogP contribution in [-0.4, -0.2) is 91.9 Å². The second-order valence-electron chi connectivity index (χ2n) is 12.0. The molecule has 4 aromatic rings. The molecule has 2 bridgehead atoms. The van der Waals surface area contributed by atoms with Gasteiger partial charge in [0.1, 0.15) is 6.07 Å². The third-order valence-electron chi connectivity index (χ3n) is 8.67. The molecule has 8 heterocycles. The zero-order valence-electron chi connectivity index (χ0n) is 24.1. The zero-order chi connectivity index (χ0) is 29.0. The van der Waals surface area contributed by atoms with Crippen molar-refractivity contribution in [1.29, 1.82) is 5.26 Å². The van der Waals surface area contributed by atoms with E-state index in [0.717, 1.165) is 83.7 Å². The van der Waals surface area contributed by atoms with Crippen LogP contribution in [0.1, 0.15) is 38.7 Å². The summed E-state index contributed by atoms with van der Waals surface area (Å²) in [5.74, 6) is 0.526. The standard InChI is InChI=1S/C30H34N10OS/c1-18(2)34-25-12-26(27-5-4-21-10-19(13-31)14-33-40(21)27)32-15-24(25)28-35-36-30(42-28)38-16-22-11-23(17-38)39(22)29(41)20-6-8-37(3)9-7-20/h4-5,10,12,14-15,18,20,22-23H,6-9,11,16-17H2,1-3H3,(H,32,34). The molecule has 4 fully saturated rings. The monoisotopic (exact) mass is 582 g/mol. The maximum Gasteiger partial charge on any atom is 0.226 e. The van der Waals surface area contributed by atoms with Gasteiger partial charge in [0, 0.05) is 36.9 Å². The number of anilines is 2. The molecule has 8 rings (SSSR count). The van der Waals surface area contributed by atoms with Crippen molar-refractivity contribution in [1.82, 2.24) is 34.6 Å². The molecule has 2 atom stereocenters. The van der Waals surface area contributed by atoms with E-state index in [4.69, 9.17) is 4.98 Å². The molecule has 12 heteroatoms. The van der Waals surface area contributed by atoms with Gasteiger partial charge >= 0.3 is 0 Å². The molecule has 0 aromatic carbocycles. The maximum atomic E-state index is 13.3. The fourth-order valence-corrected chi connectivity index (χ4v) is 7.38. The van der Waals surface area contributed by atoms with Crippen molar-refractivity contribution in [2.45, 2.75) is 51.2 Å². The van der Waals surface area contributed by atoms with E-state index in [1.807, 2.05) is 30.5 Å². The number of nitrogens with zero attached hydrogens (tertiary/aromatic N) is 9. The molecule has 216 valence electrons. The molecule has 11 nitrogen and oxygen atoms in total. The van der Waals surface area contributed by atoms with Gasteiger partial charge in [-0.3, -0.25) is 9.78 Å². The third-order valence-corrected chi connectivity index (χ3v) is 9.69. The van der Waals surface area contributed by atoms with Crippen LogP contribution in [0.5, 0.6) is 0 Å². The SMILES string of the molecule is CC(C)Nc1cc(-c2ccc3cc(C#N)cnn23)ncc1-c1nnc(N2CC3CC(C2)N3C(=O)C2CCN(C)CC2)s1. The Kier molecular flexibility index (Phi) is 6.79. The van der Waals surface area contributed by atoms with E-state index < -0.39 is 0 Å². The molecule has 0 aliphatic carbocycles. The van der Waals surface area contributed by atoms with Crippen LogP contribution in [0.3, 0.4) is 0 Å². The number of nitriles is 1. The van der Waals surface area contributed by atoms with Crippen LogP contribution < -0.4 is 10.2 Å². The van der Waals surface area contributed by atoms with Gasteiger partial charge in [0.2, 0.25) is 11.0 Å². The average molecular weight is 583 g/mol. The quantitative estimate of drug-likeness (QED) is 0.363. The number of aromatic nitrogens is 5. The van der Waals surface area contributed by atoms with Crippen molar-refractivity contribution in [3.05, 3.63) is 42.2 Å². The van der Waals surface area contributed by atoms with E-state index in [0.29, 0.717) is 11.5 Å². The predicted molar refractivity (Wildman–Crippen MR) is 162 cm³/mol. The lowest BCUT2D eigenvalue weighted by Gasteiger charge is -2.57. The Morgan fingerprint density at radius 3 is 2.64 bits per heavy atom. The molecule has 4 aromatic heterocycles. The molecular weight excluding hydrogens is 548 g/mol. The Balaban J connectivity index is 1.10. The summed E-state index contributed by atoms with van der Waals surface area (Å²) >= 11 is 1.57. The number of hydrogen-bond donors (Lipinski definition) is 1. The fourth-order valence-electron chi connectivity index (χ4n) is 6.49. The fraction of sp³-hybridized carbons (Fsp3) is 0.467. The summed E-state index contributed by atoms with van der Waals surface area (Å²) in [5, 5.41) is 28.1. The van der Waals surface area contributed by atoms with E-state index in [2.05, 4.69) is 62.3 Å². The van der Waals surface area contributed by atoms with Gasteiger partial charge in [0.15, 0.2) is 5.01 Å². The highest BCUT2D eigenvalue weighted by Crippen LogP contribution is 2.40. The molecule has 1 amide bonds. The second-order valence-corrected chi connectivity index (χ2v) is 12.9. The van der Waals surface area contributed by atoms with Crippen molar-refractivity contribution < 1.29 is 4.79 Å². The van der Waals surface area contributed by atoms with Gasteiger partial charge in [-0.2, -0.15) is 10.4 Å². The van der Waals surface area contributed by atoms with Gasteiger partial charge in [-0.1, -0.05) is 11.3 Å². The van der Waals surface area contributed by atoms with Gasteiger partial charge < -0.3 is 20.0 Å². The van der Waals surface area contributed by atoms with Gasteiger partial charge in [-0.05, 0) is 77.5 Å². The molecule has 1 N–H and O–H groups in total. The first-order valence-corrected chi connectivity index (χ1v) is 15.4. The summed E-state index contributed by atoms with van der Waals surface area (Å²) in [6.45, 7) is 7.83. The average Bonchev–Trinajstić information content (AvgIpc) is 3.65. The number of fused-ring (bicyclic) bond motifs is 3. The number of rotatable bonds is 6. The molecule has 4 saturated heterocycles. The Morgan fingerprint density at radius 1 is 1.12 bits per heavy atom. The first kappa shape index (κ1) is 26.8.